The van der Waals surface area contributed by atoms with Gasteiger partial charge in [-0.15, -0.1) is 11.8 Å². The number of halogens is 1. The van der Waals surface area contributed by atoms with Gasteiger partial charge >= 0.3 is 11.9 Å². The summed E-state index contributed by atoms with van der Waals surface area (Å²) in [6, 6.07) is 5.74. The Morgan fingerprint density at radius 1 is 1.09 bits per heavy atom. The summed E-state index contributed by atoms with van der Waals surface area (Å²) in [5, 5.41) is 21.9. The average molecular weight is 783 g/mol. The average Bonchev–Trinajstić information content (AvgIpc) is 3.69. The second kappa shape index (κ2) is 18.7. The fraction of sp³-hybridized carbons (Fsp3) is 0.417. The second-order valence-corrected chi connectivity index (χ2v) is 13.1. The third-order valence-electron chi connectivity index (χ3n) is 8.77. The van der Waals surface area contributed by atoms with Crippen LogP contribution in [0.25, 0.3) is 11.0 Å². The monoisotopic (exact) mass is 782 g/mol. The summed E-state index contributed by atoms with van der Waals surface area (Å²) < 4.78 is 39.5. The first-order valence-electron chi connectivity index (χ1n) is 17.4. The summed E-state index contributed by atoms with van der Waals surface area (Å²) in [6.07, 6.45) is 5.88. The summed E-state index contributed by atoms with van der Waals surface area (Å²) in [4.78, 5) is 57.2. The Kier molecular flexibility index (Phi) is 13.8. The lowest BCUT2D eigenvalue weighted by Crippen LogP contribution is -2.37. The number of nitro groups is 1. The van der Waals surface area contributed by atoms with E-state index in [1.807, 2.05) is 0 Å². The molecule has 0 saturated carbocycles. The number of nitro benzene ring substituents is 1. The number of carbonyl (C=O) groups is 3. The van der Waals surface area contributed by atoms with Gasteiger partial charge in [-0.3, -0.25) is 29.8 Å². The van der Waals surface area contributed by atoms with E-state index in [-0.39, 0.29) is 59.5 Å². The minimum atomic E-state index is -0.782. The number of benzene rings is 2. The van der Waals surface area contributed by atoms with Crippen LogP contribution in [-0.2, 0) is 27.3 Å². The molecule has 2 N–H and O–H groups in total. The third kappa shape index (κ3) is 9.41. The van der Waals surface area contributed by atoms with E-state index in [0.717, 1.165) is 25.7 Å². The van der Waals surface area contributed by atoms with Crippen LogP contribution in [0.1, 0.15) is 50.2 Å². The quantitative estimate of drug-likeness (QED) is 0.0366. The van der Waals surface area contributed by atoms with Gasteiger partial charge in [-0.2, -0.15) is 5.10 Å². The number of esters is 2. The highest BCUT2D eigenvalue weighted by Crippen LogP contribution is 2.36. The van der Waals surface area contributed by atoms with Gasteiger partial charge in [0.1, 0.15) is 17.0 Å². The summed E-state index contributed by atoms with van der Waals surface area (Å²) in [5.41, 5.74) is 0.712. The Hall–Kier alpha value is -5.53. The van der Waals surface area contributed by atoms with Gasteiger partial charge in [-0.1, -0.05) is 12.2 Å². The zero-order valence-electron chi connectivity index (χ0n) is 31.2. The van der Waals surface area contributed by atoms with Crippen molar-refractivity contribution < 1.29 is 42.6 Å². The van der Waals surface area contributed by atoms with E-state index in [1.165, 1.54) is 49.7 Å². The van der Waals surface area contributed by atoms with Gasteiger partial charge in [0, 0.05) is 50.2 Å². The summed E-state index contributed by atoms with van der Waals surface area (Å²) >= 11 is 1.23. The van der Waals surface area contributed by atoms with Crippen molar-refractivity contribution in [3.05, 3.63) is 74.9 Å². The Morgan fingerprint density at radius 2 is 1.80 bits per heavy atom. The van der Waals surface area contributed by atoms with Crippen LogP contribution >= 0.6 is 11.8 Å². The molecule has 1 amide bonds. The van der Waals surface area contributed by atoms with Crippen molar-refractivity contribution in [2.45, 2.75) is 38.3 Å². The summed E-state index contributed by atoms with van der Waals surface area (Å²) in [6.45, 7) is 7.73. The van der Waals surface area contributed by atoms with Crippen LogP contribution in [0.15, 0.2) is 41.3 Å². The number of aromatic nitrogens is 4. The first-order chi connectivity index (χ1) is 26.5. The number of ether oxygens (including phenoxy) is 4. The molecule has 0 aliphatic carbocycles. The zero-order chi connectivity index (χ0) is 39.6. The molecule has 0 radical (unpaired) electrons. The minimum Gasteiger partial charge on any atom is -0.491 e. The molecule has 0 atom stereocenters. The maximum atomic E-state index is 15.1. The molecular weight excluding hydrogens is 740 g/mol. The number of carbonyl (C=O) groups excluding carboxylic acids is 3. The van der Waals surface area contributed by atoms with Crippen molar-refractivity contribution in [1.82, 2.24) is 24.2 Å². The molecule has 1 aliphatic rings. The first-order valence-corrected chi connectivity index (χ1v) is 18.7. The van der Waals surface area contributed by atoms with Gasteiger partial charge in [0.25, 0.3) is 11.6 Å². The lowest BCUT2D eigenvalue weighted by atomic mass is 10.1. The van der Waals surface area contributed by atoms with Crippen LogP contribution in [0.4, 0.5) is 21.7 Å². The Labute approximate surface area is 320 Å². The smallest absolute Gasteiger partial charge is 0.338 e. The number of methoxy groups -OCH3 is 2. The molecule has 1 fully saturated rings. The number of morpholine rings is 1. The number of nitrogens with zero attached hydrogens (tertiary/aromatic N) is 6. The van der Waals surface area contributed by atoms with Gasteiger partial charge in [0.15, 0.2) is 11.5 Å². The zero-order valence-corrected chi connectivity index (χ0v) is 32.0. The maximum absolute atomic E-state index is 15.1. The largest absolute Gasteiger partial charge is 0.491 e. The van der Waals surface area contributed by atoms with Gasteiger partial charge in [-0.05, 0) is 44.7 Å². The number of nitrogens with one attached hydrogen (secondary N) is 2. The number of anilines is 2. The van der Waals surface area contributed by atoms with Crippen molar-refractivity contribution in [2.24, 2.45) is 0 Å². The van der Waals surface area contributed by atoms with Crippen LogP contribution in [0, 0.1) is 22.9 Å². The van der Waals surface area contributed by atoms with Gasteiger partial charge < -0.3 is 28.8 Å². The molecule has 0 spiro atoms. The SMILES string of the molecule is CCn1nc(C)c(F)c1C(=O)Nc1nc2cc(C(=O)OC)cc(OCCCN3CCOCC3)c2n1C/C=C/CNc1c(SC)cc(C(=O)OC)cc1[N+](=O)[O-]. The van der Waals surface area contributed by atoms with E-state index in [2.05, 4.69) is 25.6 Å². The number of hydrogen-bond donors (Lipinski definition) is 2. The molecule has 2 aromatic heterocycles. The number of aryl methyl sites for hydroxylation is 2. The lowest BCUT2D eigenvalue weighted by molar-refractivity contribution is -0.384. The molecule has 1 aliphatic heterocycles. The van der Waals surface area contributed by atoms with Crippen LogP contribution in [-0.4, -0.2) is 113 Å². The molecule has 294 valence electrons. The van der Waals surface area contributed by atoms with E-state index in [1.54, 1.807) is 36.0 Å². The summed E-state index contributed by atoms with van der Waals surface area (Å²) in [7, 11) is 2.46. The summed E-state index contributed by atoms with van der Waals surface area (Å²) in [5.74, 6) is -2.51. The van der Waals surface area contributed by atoms with E-state index < -0.39 is 28.6 Å². The number of allylic oxidation sites excluding steroid dienone is 1. The number of amides is 1. The van der Waals surface area contributed by atoms with Crippen LogP contribution < -0.4 is 15.4 Å². The van der Waals surface area contributed by atoms with E-state index >= 15 is 4.39 Å². The van der Waals surface area contributed by atoms with E-state index in [9.17, 15) is 24.5 Å². The minimum absolute atomic E-state index is 0.0393. The Bertz CT molecular complexity index is 2090. The second-order valence-electron chi connectivity index (χ2n) is 12.2. The number of imidazole rings is 1. The van der Waals surface area contributed by atoms with Crippen molar-refractivity contribution in [1.29, 1.82) is 0 Å². The molecular formula is C36H43FN8O9S. The molecule has 0 bridgehead atoms. The van der Waals surface area contributed by atoms with Crippen LogP contribution in [0.2, 0.25) is 0 Å². The predicted molar refractivity (Wildman–Crippen MR) is 203 cm³/mol. The van der Waals surface area contributed by atoms with Gasteiger partial charge in [0.05, 0.1) is 61.3 Å². The van der Waals surface area contributed by atoms with Crippen molar-refractivity contribution in [3.8, 4) is 5.75 Å². The highest BCUT2D eigenvalue weighted by molar-refractivity contribution is 7.98. The normalized spacial score (nSPS) is 13.3. The van der Waals surface area contributed by atoms with Gasteiger partial charge in [-0.25, -0.2) is 19.0 Å². The first kappa shape index (κ1) is 40.7. The van der Waals surface area contributed by atoms with Crippen molar-refractivity contribution >= 4 is 58.0 Å². The van der Waals surface area contributed by atoms with Gasteiger partial charge in [0.2, 0.25) is 5.95 Å². The third-order valence-corrected chi connectivity index (χ3v) is 9.53. The molecule has 1 saturated heterocycles. The van der Waals surface area contributed by atoms with Crippen LogP contribution in [0.5, 0.6) is 5.75 Å². The Balaban J connectivity index is 1.48. The number of hydrogen-bond acceptors (Lipinski definition) is 14. The number of rotatable bonds is 17. The van der Waals surface area contributed by atoms with Crippen molar-refractivity contribution in [2.75, 3.05) is 77.1 Å². The standard InChI is InChI=1S/C36H43FN8O9S/c1-6-44-32(29(37)22(2)41-44)33(46)40-36-39-25-18-23(34(47)51-3)20-27(54-15-9-11-42-13-16-53-17-14-42)31(25)43(36)12-8-7-10-38-30-26(45(49)50)19-24(35(48)52-4)21-28(30)55-5/h7-8,18-21,38H,6,9-17H2,1-5H3,(H,39,40,46)/b8-7+. The highest BCUT2D eigenvalue weighted by atomic mass is 32.2. The molecule has 55 heavy (non-hydrogen) atoms. The fourth-order valence-electron chi connectivity index (χ4n) is 6.05. The maximum Gasteiger partial charge on any atom is 0.338 e. The molecule has 19 heteroatoms. The predicted octanol–water partition coefficient (Wildman–Crippen LogP) is 4.93. The van der Waals surface area contributed by atoms with E-state index in [0.29, 0.717) is 47.9 Å². The topological polar surface area (TPSA) is 194 Å². The molecule has 3 heterocycles. The molecule has 0 unspecified atom stereocenters. The molecule has 2 aromatic carbocycles. The lowest BCUT2D eigenvalue weighted by Gasteiger charge is -2.26. The highest BCUT2D eigenvalue weighted by Gasteiger charge is 2.26. The number of thioether (sulfide) groups is 1. The Morgan fingerprint density at radius 3 is 2.45 bits per heavy atom. The molecule has 5 rings (SSSR count). The fourth-order valence-corrected chi connectivity index (χ4v) is 6.68. The molecule has 4 aromatic rings. The van der Waals surface area contributed by atoms with Crippen LogP contribution in [0.3, 0.4) is 0 Å². The number of fused-ring (bicyclic) bond motifs is 1. The van der Waals surface area contributed by atoms with E-state index in [4.69, 9.17) is 18.9 Å². The van der Waals surface area contributed by atoms with Crippen molar-refractivity contribution in [3.63, 3.8) is 0 Å². The molecule has 17 nitrogen and oxygen atoms in total.